The third-order valence-electron chi connectivity index (χ3n) is 4.47. The lowest BCUT2D eigenvalue weighted by Crippen LogP contribution is -2.55. The molecule has 0 bridgehead atoms. The standard InChI is InChI=1S/C21H26N4O2S/c1-25(2)18-10-8-16(9-11-18)22-19(26)12-17-13-20(27)24-21(23-17)28-14-15-6-4-3-5-7-15/h3-11,17,21,23H,12-14H2,1-2H3,(H,22,26)(H,24,27). The highest BCUT2D eigenvalue weighted by Crippen LogP contribution is 2.20. The summed E-state index contributed by atoms with van der Waals surface area (Å²) >= 11 is 1.61. The van der Waals surface area contributed by atoms with E-state index in [1.807, 2.05) is 61.5 Å². The number of anilines is 2. The molecule has 148 valence electrons. The Morgan fingerprint density at radius 2 is 1.86 bits per heavy atom. The van der Waals surface area contributed by atoms with Crippen LogP contribution in [0.5, 0.6) is 0 Å². The van der Waals surface area contributed by atoms with Crippen LogP contribution >= 0.6 is 11.8 Å². The number of thioether (sulfide) groups is 1. The summed E-state index contributed by atoms with van der Waals surface area (Å²) in [4.78, 5) is 26.4. The molecule has 2 unspecified atom stereocenters. The average Bonchev–Trinajstić information content (AvgIpc) is 2.67. The normalized spacial score (nSPS) is 19.0. The van der Waals surface area contributed by atoms with Gasteiger partial charge in [-0.05, 0) is 29.8 Å². The number of nitrogens with one attached hydrogen (secondary N) is 3. The number of amides is 2. The summed E-state index contributed by atoms with van der Waals surface area (Å²) in [6, 6.07) is 17.6. The van der Waals surface area contributed by atoms with Gasteiger partial charge >= 0.3 is 0 Å². The quantitative estimate of drug-likeness (QED) is 0.669. The highest BCUT2D eigenvalue weighted by molar-refractivity contribution is 7.99. The molecular weight excluding hydrogens is 372 g/mol. The molecule has 2 atom stereocenters. The van der Waals surface area contributed by atoms with Crippen LogP contribution in [0.1, 0.15) is 18.4 Å². The smallest absolute Gasteiger partial charge is 0.225 e. The summed E-state index contributed by atoms with van der Waals surface area (Å²) in [5, 5.41) is 9.20. The number of rotatable bonds is 7. The van der Waals surface area contributed by atoms with Crippen LogP contribution in [0.4, 0.5) is 11.4 Å². The van der Waals surface area contributed by atoms with Gasteiger partial charge in [-0.15, -0.1) is 11.8 Å². The topological polar surface area (TPSA) is 73.5 Å². The highest BCUT2D eigenvalue weighted by atomic mass is 32.2. The number of nitrogens with zero attached hydrogens (tertiary/aromatic N) is 1. The fourth-order valence-electron chi connectivity index (χ4n) is 3.00. The van der Waals surface area contributed by atoms with E-state index < -0.39 is 0 Å². The number of carbonyl (C=O) groups excluding carboxylic acids is 2. The van der Waals surface area contributed by atoms with Gasteiger partial charge < -0.3 is 15.5 Å². The molecule has 0 aromatic heterocycles. The largest absolute Gasteiger partial charge is 0.378 e. The Bertz CT molecular complexity index is 796. The first-order chi connectivity index (χ1) is 13.5. The highest BCUT2D eigenvalue weighted by Gasteiger charge is 2.27. The van der Waals surface area contributed by atoms with Gasteiger partial charge in [0.2, 0.25) is 11.8 Å². The Morgan fingerprint density at radius 3 is 2.54 bits per heavy atom. The van der Waals surface area contributed by atoms with Crippen molar-refractivity contribution in [3.63, 3.8) is 0 Å². The van der Waals surface area contributed by atoms with Crippen LogP contribution in [0.2, 0.25) is 0 Å². The van der Waals surface area contributed by atoms with Gasteiger partial charge in [-0.2, -0.15) is 0 Å². The maximum atomic E-state index is 12.4. The molecule has 3 rings (SSSR count). The molecule has 6 nitrogen and oxygen atoms in total. The number of hydrogen-bond donors (Lipinski definition) is 3. The third-order valence-corrected chi connectivity index (χ3v) is 5.56. The molecule has 1 heterocycles. The van der Waals surface area contributed by atoms with Crippen molar-refractivity contribution in [2.24, 2.45) is 0 Å². The van der Waals surface area contributed by atoms with Crippen LogP contribution in [0.15, 0.2) is 54.6 Å². The van der Waals surface area contributed by atoms with E-state index in [1.165, 1.54) is 5.56 Å². The molecule has 0 radical (unpaired) electrons. The summed E-state index contributed by atoms with van der Waals surface area (Å²) in [6.45, 7) is 0. The van der Waals surface area contributed by atoms with Gasteiger partial charge in [-0.1, -0.05) is 30.3 Å². The fraction of sp³-hybridized carbons (Fsp3) is 0.333. The molecule has 7 heteroatoms. The van der Waals surface area contributed by atoms with Gasteiger partial charge in [0, 0.05) is 50.1 Å². The van der Waals surface area contributed by atoms with Crippen LogP contribution in [0, 0.1) is 0 Å². The maximum absolute atomic E-state index is 12.4. The maximum Gasteiger partial charge on any atom is 0.225 e. The van der Waals surface area contributed by atoms with Gasteiger partial charge in [0.05, 0.1) is 0 Å². The Morgan fingerprint density at radius 1 is 1.14 bits per heavy atom. The molecule has 2 aromatic carbocycles. The molecule has 3 N–H and O–H groups in total. The first-order valence-corrected chi connectivity index (χ1v) is 10.3. The van der Waals surface area contributed by atoms with Crippen LogP contribution in [0.25, 0.3) is 0 Å². The molecule has 1 aliphatic rings. The number of hydrogen-bond acceptors (Lipinski definition) is 5. The minimum atomic E-state index is -0.196. The van der Waals surface area contributed by atoms with E-state index >= 15 is 0 Å². The van der Waals surface area contributed by atoms with Gasteiger partial charge in [-0.25, -0.2) is 0 Å². The van der Waals surface area contributed by atoms with Crippen molar-refractivity contribution in [2.45, 2.75) is 30.1 Å². The molecule has 2 aromatic rings. The second kappa shape index (κ2) is 9.61. The number of benzene rings is 2. The lowest BCUT2D eigenvalue weighted by atomic mass is 10.1. The molecule has 1 aliphatic heterocycles. The molecule has 0 spiro atoms. The minimum Gasteiger partial charge on any atom is -0.378 e. The summed E-state index contributed by atoms with van der Waals surface area (Å²) in [5.74, 6) is 0.657. The zero-order valence-electron chi connectivity index (χ0n) is 16.1. The van der Waals surface area contributed by atoms with Crippen molar-refractivity contribution in [1.29, 1.82) is 0 Å². The first kappa shape index (κ1) is 20.2. The van der Waals surface area contributed by atoms with Crippen LogP contribution in [-0.2, 0) is 15.3 Å². The van der Waals surface area contributed by atoms with Crippen LogP contribution in [-0.4, -0.2) is 37.4 Å². The first-order valence-electron chi connectivity index (χ1n) is 9.28. The van der Waals surface area contributed by atoms with Gasteiger partial charge in [-0.3, -0.25) is 14.9 Å². The van der Waals surface area contributed by atoms with Crippen molar-refractivity contribution in [2.75, 3.05) is 24.3 Å². The van der Waals surface area contributed by atoms with E-state index in [2.05, 4.69) is 28.1 Å². The lowest BCUT2D eigenvalue weighted by molar-refractivity contribution is -0.124. The molecule has 0 aliphatic carbocycles. The number of carbonyl (C=O) groups is 2. The summed E-state index contributed by atoms with van der Waals surface area (Å²) < 4.78 is 0. The van der Waals surface area contributed by atoms with Gasteiger partial charge in [0.15, 0.2) is 0 Å². The van der Waals surface area contributed by atoms with Crippen molar-refractivity contribution in [3.8, 4) is 0 Å². The molecular formula is C21H26N4O2S. The summed E-state index contributed by atoms with van der Waals surface area (Å²) in [7, 11) is 3.94. The Kier molecular flexibility index (Phi) is 6.95. The third kappa shape index (κ3) is 6.00. The van der Waals surface area contributed by atoms with Crippen molar-refractivity contribution >= 4 is 35.0 Å². The van der Waals surface area contributed by atoms with Crippen LogP contribution in [0.3, 0.4) is 0 Å². The zero-order chi connectivity index (χ0) is 19.9. The average molecular weight is 399 g/mol. The van der Waals surface area contributed by atoms with Crippen molar-refractivity contribution in [1.82, 2.24) is 10.6 Å². The molecule has 28 heavy (non-hydrogen) atoms. The van der Waals surface area contributed by atoms with E-state index in [0.29, 0.717) is 6.42 Å². The monoisotopic (exact) mass is 398 g/mol. The summed E-state index contributed by atoms with van der Waals surface area (Å²) in [5.41, 5.74) is 2.83. The SMILES string of the molecule is CN(C)c1ccc(NC(=O)CC2CC(=O)NC(SCc3ccccc3)N2)cc1. The Balaban J connectivity index is 1.49. The van der Waals surface area contributed by atoms with E-state index in [4.69, 9.17) is 0 Å². The Labute approximate surface area is 170 Å². The van der Waals surface area contributed by atoms with E-state index in [1.54, 1.807) is 11.8 Å². The molecule has 2 amide bonds. The summed E-state index contributed by atoms with van der Waals surface area (Å²) in [6.07, 6.45) is 0.556. The van der Waals surface area contributed by atoms with Crippen molar-refractivity contribution in [3.05, 3.63) is 60.2 Å². The second-order valence-electron chi connectivity index (χ2n) is 7.01. The van der Waals surface area contributed by atoms with E-state index in [9.17, 15) is 9.59 Å². The van der Waals surface area contributed by atoms with E-state index in [-0.39, 0.29) is 29.8 Å². The Hall–Kier alpha value is -2.51. The zero-order valence-corrected chi connectivity index (χ0v) is 17.0. The predicted octanol–water partition coefficient (Wildman–Crippen LogP) is 2.78. The van der Waals surface area contributed by atoms with Gasteiger partial charge in [0.1, 0.15) is 5.50 Å². The molecule has 0 saturated carbocycles. The molecule has 1 saturated heterocycles. The fourth-order valence-corrected chi connectivity index (χ4v) is 4.05. The second-order valence-corrected chi connectivity index (χ2v) is 8.10. The van der Waals surface area contributed by atoms with Gasteiger partial charge in [0.25, 0.3) is 0 Å². The predicted molar refractivity (Wildman–Crippen MR) is 115 cm³/mol. The molecule has 1 fully saturated rings. The lowest BCUT2D eigenvalue weighted by Gasteiger charge is -2.31. The van der Waals surface area contributed by atoms with Crippen LogP contribution < -0.4 is 20.9 Å². The minimum absolute atomic E-state index is 0.0301. The van der Waals surface area contributed by atoms with Crippen molar-refractivity contribution < 1.29 is 9.59 Å². The van der Waals surface area contributed by atoms with E-state index in [0.717, 1.165) is 17.1 Å².